The van der Waals surface area contributed by atoms with Crippen LogP contribution < -0.4 is 0 Å². The second kappa shape index (κ2) is 6.32. The normalized spacial score (nSPS) is 12.6. The lowest BCUT2D eigenvalue weighted by Crippen LogP contribution is -2.53. The maximum absolute atomic E-state index is 12.3. The van der Waals surface area contributed by atoms with Crippen LogP contribution in [0.2, 0.25) is 0 Å². The highest BCUT2D eigenvalue weighted by molar-refractivity contribution is 7.89. The highest BCUT2D eigenvalue weighted by Crippen LogP contribution is 2.20. The summed E-state index contributed by atoms with van der Waals surface area (Å²) in [7, 11) is -3.66. The Hall–Kier alpha value is -1.47. The zero-order valence-corrected chi connectivity index (χ0v) is 12.7. The molecule has 0 radical (unpaired) electrons. The molecule has 0 aliphatic heterocycles. The number of pyridine rings is 1. The van der Waals surface area contributed by atoms with Crippen LogP contribution in [0.15, 0.2) is 24.4 Å². The number of nitrogens with zero attached hydrogens (tertiary/aromatic N) is 2. The monoisotopic (exact) mass is 300 g/mol. The molecular formula is C13H20N2O4S. The van der Waals surface area contributed by atoms with Gasteiger partial charge in [-0.2, -0.15) is 4.31 Å². The van der Waals surface area contributed by atoms with Crippen molar-refractivity contribution in [2.45, 2.75) is 32.7 Å². The molecule has 7 heteroatoms. The number of aryl methyl sites for hydroxylation is 1. The first-order valence-corrected chi connectivity index (χ1v) is 7.96. The molecule has 0 aliphatic rings. The van der Waals surface area contributed by atoms with Crippen molar-refractivity contribution >= 4 is 16.0 Å². The Kier molecular flexibility index (Phi) is 5.24. The lowest BCUT2D eigenvalue weighted by Gasteiger charge is -2.33. The van der Waals surface area contributed by atoms with Crippen LogP contribution in [0.4, 0.5) is 0 Å². The second-order valence-corrected chi connectivity index (χ2v) is 6.93. The van der Waals surface area contributed by atoms with E-state index in [1.807, 2.05) is 0 Å². The van der Waals surface area contributed by atoms with Crippen molar-refractivity contribution in [3.8, 4) is 0 Å². The smallest absolute Gasteiger partial charge is 0.324 e. The van der Waals surface area contributed by atoms with E-state index >= 15 is 0 Å². The van der Waals surface area contributed by atoms with E-state index in [9.17, 15) is 18.3 Å². The topological polar surface area (TPSA) is 87.6 Å². The minimum Gasteiger partial charge on any atom is -0.480 e. The van der Waals surface area contributed by atoms with E-state index < -0.39 is 21.5 Å². The van der Waals surface area contributed by atoms with Gasteiger partial charge in [0.25, 0.3) is 0 Å². The van der Waals surface area contributed by atoms with Gasteiger partial charge in [0.05, 0.1) is 5.75 Å². The predicted molar refractivity (Wildman–Crippen MR) is 75.8 cm³/mol. The van der Waals surface area contributed by atoms with Crippen molar-refractivity contribution in [2.75, 3.05) is 12.3 Å². The minimum absolute atomic E-state index is 0.115. The maximum atomic E-state index is 12.3. The summed E-state index contributed by atoms with van der Waals surface area (Å²) >= 11 is 0. The Morgan fingerprint density at radius 3 is 2.50 bits per heavy atom. The van der Waals surface area contributed by atoms with Crippen molar-refractivity contribution in [3.63, 3.8) is 0 Å². The largest absolute Gasteiger partial charge is 0.480 e. The molecule has 0 saturated carbocycles. The number of carboxylic acids is 1. The number of hydrogen-bond donors (Lipinski definition) is 1. The Bertz CT molecular complexity index is 555. The van der Waals surface area contributed by atoms with E-state index in [4.69, 9.17) is 0 Å². The fourth-order valence-electron chi connectivity index (χ4n) is 1.94. The number of carboxylic acid groups (broad SMARTS) is 1. The molecule has 0 unspecified atom stereocenters. The molecule has 1 aromatic rings. The van der Waals surface area contributed by atoms with Gasteiger partial charge >= 0.3 is 5.97 Å². The van der Waals surface area contributed by atoms with E-state index in [0.717, 1.165) is 4.31 Å². The van der Waals surface area contributed by atoms with Crippen LogP contribution in [0, 0.1) is 0 Å². The van der Waals surface area contributed by atoms with Gasteiger partial charge in [-0.3, -0.25) is 9.78 Å². The van der Waals surface area contributed by atoms with Crippen LogP contribution in [0.25, 0.3) is 0 Å². The van der Waals surface area contributed by atoms with Gasteiger partial charge in [-0.05, 0) is 26.0 Å². The van der Waals surface area contributed by atoms with Gasteiger partial charge in [-0.1, -0.05) is 13.0 Å². The van der Waals surface area contributed by atoms with Crippen molar-refractivity contribution in [1.82, 2.24) is 9.29 Å². The summed E-state index contributed by atoms with van der Waals surface area (Å²) in [6.45, 7) is 4.52. The van der Waals surface area contributed by atoms with Gasteiger partial charge in [0.2, 0.25) is 10.0 Å². The Morgan fingerprint density at radius 2 is 2.05 bits per heavy atom. The first-order chi connectivity index (χ1) is 9.21. The van der Waals surface area contributed by atoms with Crippen LogP contribution in [0.1, 0.15) is 26.5 Å². The molecule has 0 saturated heterocycles. The molecule has 6 nitrogen and oxygen atoms in total. The second-order valence-electron chi connectivity index (χ2n) is 4.92. The Balaban J connectivity index is 2.89. The van der Waals surface area contributed by atoms with E-state index in [1.165, 1.54) is 13.8 Å². The van der Waals surface area contributed by atoms with E-state index in [1.54, 1.807) is 31.3 Å². The Labute approximate surface area is 119 Å². The van der Waals surface area contributed by atoms with Crippen molar-refractivity contribution in [3.05, 3.63) is 30.1 Å². The van der Waals surface area contributed by atoms with Crippen LogP contribution in [-0.4, -0.2) is 46.6 Å². The number of likely N-dealkylation sites (N-methyl/N-ethyl adjacent to an activating group) is 1. The quantitative estimate of drug-likeness (QED) is 0.816. The van der Waals surface area contributed by atoms with Crippen LogP contribution >= 0.6 is 0 Å². The predicted octanol–water partition coefficient (Wildman–Crippen LogP) is 1.14. The van der Waals surface area contributed by atoms with Gasteiger partial charge in [-0.25, -0.2) is 8.42 Å². The van der Waals surface area contributed by atoms with Gasteiger partial charge in [0, 0.05) is 24.9 Å². The molecule has 0 bridgehead atoms. The highest BCUT2D eigenvalue weighted by atomic mass is 32.2. The first kappa shape index (κ1) is 16.6. The highest BCUT2D eigenvalue weighted by Gasteiger charge is 2.40. The number of aromatic nitrogens is 1. The fourth-order valence-corrected chi connectivity index (χ4v) is 3.79. The summed E-state index contributed by atoms with van der Waals surface area (Å²) in [5.74, 6) is -1.32. The first-order valence-electron chi connectivity index (χ1n) is 6.35. The molecule has 1 rings (SSSR count). The van der Waals surface area contributed by atoms with Crippen LogP contribution in [0.3, 0.4) is 0 Å². The maximum Gasteiger partial charge on any atom is 0.324 e. The molecule has 0 atom stereocenters. The standard InChI is InChI=1S/C13H20N2O4S/c1-4-15(13(2,3)12(16)17)20(18,19)10-8-11-7-5-6-9-14-11/h5-7,9H,4,8,10H2,1-3H3,(H,16,17). The molecular weight excluding hydrogens is 280 g/mol. The minimum atomic E-state index is -3.66. The summed E-state index contributed by atoms with van der Waals surface area (Å²) in [6, 6.07) is 5.28. The molecule has 1 aromatic heterocycles. The van der Waals surface area contributed by atoms with Gasteiger partial charge in [-0.15, -0.1) is 0 Å². The molecule has 1 heterocycles. The summed E-state index contributed by atoms with van der Waals surface area (Å²) in [5, 5.41) is 9.17. The average molecular weight is 300 g/mol. The molecule has 112 valence electrons. The van der Waals surface area contributed by atoms with Crippen molar-refractivity contribution < 1.29 is 18.3 Å². The van der Waals surface area contributed by atoms with E-state index in [2.05, 4.69) is 4.98 Å². The number of rotatable bonds is 7. The average Bonchev–Trinajstić information content (AvgIpc) is 2.37. The molecule has 0 aromatic carbocycles. The lowest BCUT2D eigenvalue weighted by atomic mass is 10.1. The molecule has 0 aliphatic carbocycles. The lowest BCUT2D eigenvalue weighted by molar-refractivity contribution is -0.146. The SMILES string of the molecule is CCN(C(C)(C)C(=O)O)S(=O)(=O)CCc1ccccn1. The van der Waals surface area contributed by atoms with E-state index in [-0.39, 0.29) is 18.7 Å². The summed E-state index contributed by atoms with van der Waals surface area (Å²) in [5.41, 5.74) is -0.794. The Morgan fingerprint density at radius 1 is 1.40 bits per heavy atom. The zero-order valence-electron chi connectivity index (χ0n) is 11.9. The van der Waals surface area contributed by atoms with Crippen molar-refractivity contribution in [2.24, 2.45) is 0 Å². The number of sulfonamides is 1. The van der Waals surface area contributed by atoms with Gasteiger partial charge < -0.3 is 5.11 Å². The fraction of sp³-hybridized carbons (Fsp3) is 0.538. The number of carbonyl (C=O) groups is 1. The molecule has 0 spiro atoms. The van der Waals surface area contributed by atoms with Gasteiger partial charge in [0.15, 0.2) is 0 Å². The third-order valence-corrected chi connectivity index (χ3v) is 5.22. The van der Waals surface area contributed by atoms with Crippen LogP contribution in [0.5, 0.6) is 0 Å². The third-order valence-electron chi connectivity index (χ3n) is 3.11. The van der Waals surface area contributed by atoms with Crippen LogP contribution in [-0.2, 0) is 21.2 Å². The summed E-state index contributed by atoms with van der Waals surface area (Å²) < 4.78 is 25.7. The molecule has 1 N–H and O–H groups in total. The number of hydrogen-bond acceptors (Lipinski definition) is 4. The molecule has 20 heavy (non-hydrogen) atoms. The van der Waals surface area contributed by atoms with E-state index in [0.29, 0.717) is 5.69 Å². The molecule has 0 amide bonds. The zero-order chi connectivity index (χ0) is 15.4. The number of aliphatic carboxylic acids is 1. The molecule has 0 fully saturated rings. The van der Waals surface area contributed by atoms with Crippen molar-refractivity contribution in [1.29, 1.82) is 0 Å². The third kappa shape index (κ3) is 3.77. The summed E-state index contributed by atoms with van der Waals surface area (Å²) in [6.07, 6.45) is 1.86. The van der Waals surface area contributed by atoms with Gasteiger partial charge in [0.1, 0.15) is 5.54 Å². The summed E-state index contributed by atoms with van der Waals surface area (Å²) in [4.78, 5) is 15.3.